The first-order valence-electron chi connectivity index (χ1n) is 11.3. The summed E-state index contributed by atoms with van der Waals surface area (Å²) in [7, 11) is 1.34. The number of hydrogen-bond donors (Lipinski definition) is 1. The number of benzene rings is 1. The van der Waals surface area contributed by atoms with Crippen molar-refractivity contribution in [2.75, 3.05) is 32.5 Å². The van der Waals surface area contributed by atoms with Gasteiger partial charge in [-0.15, -0.1) is 23.1 Å². The number of hydrogen-bond acceptors (Lipinski definition) is 7. The van der Waals surface area contributed by atoms with Gasteiger partial charge in [0.15, 0.2) is 5.37 Å². The number of thioether (sulfide) groups is 1. The maximum Gasteiger partial charge on any atom is 0.339 e. The number of H-pyrrole nitrogens is 1. The van der Waals surface area contributed by atoms with Gasteiger partial charge in [-0.05, 0) is 24.5 Å². The standard InChI is InChI=1S/C24H26N4O4S2/c1-32-24(31)23-28(10-11-33-23)22(30)19-14-34-21(26-19)15-6-8-27(9-7-15)20(29)12-16-13-25-18-5-3-2-4-17(16)18/h2-5,13-15,23,25H,6-12H2,1H3. The highest BCUT2D eigenvalue weighted by atomic mass is 32.2. The average Bonchev–Trinajstić information content (AvgIpc) is 3.63. The summed E-state index contributed by atoms with van der Waals surface area (Å²) in [6.07, 6.45) is 3.96. The van der Waals surface area contributed by atoms with Gasteiger partial charge in [0.05, 0.1) is 18.5 Å². The van der Waals surface area contributed by atoms with Crippen LogP contribution >= 0.6 is 23.1 Å². The van der Waals surface area contributed by atoms with Gasteiger partial charge >= 0.3 is 5.97 Å². The maximum atomic E-state index is 13.0. The van der Waals surface area contributed by atoms with E-state index in [1.807, 2.05) is 35.4 Å². The van der Waals surface area contributed by atoms with Crippen LogP contribution < -0.4 is 0 Å². The highest BCUT2D eigenvalue weighted by Crippen LogP contribution is 2.32. The van der Waals surface area contributed by atoms with Crippen molar-refractivity contribution in [3.8, 4) is 0 Å². The van der Waals surface area contributed by atoms with Crippen molar-refractivity contribution in [3.05, 3.63) is 52.1 Å². The maximum absolute atomic E-state index is 13.0. The van der Waals surface area contributed by atoms with Crippen LogP contribution in [0.4, 0.5) is 0 Å². The number of nitrogens with one attached hydrogen (secondary N) is 1. The summed E-state index contributed by atoms with van der Waals surface area (Å²) in [5.41, 5.74) is 2.45. The Morgan fingerprint density at radius 3 is 2.76 bits per heavy atom. The Bertz CT molecular complexity index is 1210. The number of rotatable bonds is 5. The fourth-order valence-corrected chi connectivity index (χ4v) is 6.73. The molecular formula is C24H26N4O4S2. The second kappa shape index (κ2) is 9.79. The fourth-order valence-electron chi connectivity index (χ4n) is 4.62. The van der Waals surface area contributed by atoms with Crippen LogP contribution in [0.3, 0.4) is 0 Å². The zero-order chi connectivity index (χ0) is 23.7. The van der Waals surface area contributed by atoms with E-state index >= 15 is 0 Å². The number of fused-ring (bicyclic) bond motifs is 1. The number of aromatic nitrogens is 2. The predicted octanol–water partition coefficient (Wildman–Crippen LogP) is 3.26. The van der Waals surface area contributed by atoms with Crippen molar-refractivity contribution < 1.29 is 19.1 Å². The molecule has 178 valence electrons. The molecule has 0 saturated carbocycles. The Balaban J connectivity index is 1.18. The van der Waals surface area contributed by atoms with Crippen molar-refractivity contribution in [1.82, 2.24) is 19.8 Å². The van der Waals surface area contributed by atoms with Crippen LogP contribution in [0.5, 0.6) is 0 Å². The van der Waals surface area contributed by atoms with Gasteiger partial charge in [-0.1, -0.05) is 18.2 Å². The lowest BCUT2D eigenvalue weighted by molar-refractivity contribution is -0.142. The van der Waals surface area contributed by atoms with E-state index in [1.54, 1.807) is 10.3 Å². The first-order valence-corrected chi connectivity index (χ1v) is 13.3. The van der Waals surface area contributed by atoms with Crippen LogP contribution in [0.25, 0.3) is 10.9 Å². The van der Waals surface area contributed by atoms with Gasteiger partial charge in [-0.3, -0.25) is 9.59 Å². The number of methoxy groups -OCH3 is 1. The highest BCUT2D eigenvalue weighted by Gasteiger charge is 2.37. The molecule has 0 spiro atoms. The monoisotopic (exact) mass is 498 g/mol. The molecule has 2 saturated heterocycles. The molecule has 1 atom stereocenters. The number of thiazole rings is 1. The molecule has 5 rings (SSSR count). The van der Waals surface area contributed by atoms with Crippen LogP contribution in [-0.2, 0) is 20.7 Å². The van der Waals surface area contributed by atoms with Crippen molar-refractivity contribution in [3.63, 3.8) is 0 Å². The van der Waals surface area contributed by atoms with Crippen LogP contribution in [0.1, 0.15) is 39.8 Å². The lowest BCUT2D eigenvalue weighted by Gasteiger charge is -2.31. The van der Waals surface area contributed by atoms with E-state index in [-0.39, 0.29) is 17.7 Å². The third-order valence-corrected chi connectivity index (χ3v) is 8.70. The van der Waals surface area contributed by atoms with Crippen LogP contribution in [-0.4, -0.2) is 75.4 Å². The van der Waals surface area contributed by atoms with E-state index in [2.05, 4.69) is 9.97 Å². The molecule has 10 heteroatoms. The zero-order valence-electron chi connectivity index (χ0n) is 18.9. The van der Waals surface area contributed by atoms with Crippen molar-refractivity contribution in [2.24, 2.45) is 0 Å². The Morgan fingerprint density at radius 2 is 1.97 bits per heavy atom. The second-order valence-corrected chi connectivity index (χ2v) is 10.6. The van der Waals surface area contributed by atoms with Gasteiger partial charge < -0.3 is 19.5 Å². The summed E-state index contributed by atoms with van der Waals surface area (Å²) >= 11 is 2.90. The molecule has 4 heterocycles. The Morgan fingerprint density at radius 1 is 1.18 bits per heavy atom. The number of nitrogens with zero attached hydrogens (tertiary/aromatic N) is 3. The van der Waals surface area contributed by atoms with E-state index in [0.717, 1.165) is 34.3 Å². The molecule has 2 aliphatic rings. The molecule has 8 nitrogen and oxygen atoms in total. The summed E-state index contributed by atoms with van der Waals surface area (Å²) in [5, 5.41) is 3.20. The number of para-hydroxylation sites is 1. The highest BCUT2D eigenvalue weighted by molar-refractivity contribution is 8.00. The number of carbonyl (C=O) groups is 3. The van der Waals surface area contributed by atoms with Crippen LogP contribution in [0, 0.1) is 0 Å². The third kappa shape index (κ3) is 4.44. The lowest BCUT2D eigenvalue weighted by atomic mass is 9.97. The number of carbonyl (C=O) groups excluding carboxylic acids is 3. The van der Waals surface area contributed by atoms with E-state index in [1.165, 1.54) is 30.2 Å². The summed E-state index contributed by atoms with van der Waals surface area (Å²) in [6, 6.07) is 8.02. The summed E-state index contributed by atoms with van der Waals surface area (Å²) in [6.45, 7) is 1.87. The van der Waals surface area contributed by atoms with Gasteiger partial charge in [0.2, 0.25) is 5.91 Å². The third-order valence-electron chi connectivity index (χ3n) is 6.51. The molecule has 1 unspecified atom stereocenters. The minimum Gasteiger partial charge on any atom is -0.467 e. The molecule has 2 fully saturated rings. The van der Waals surface area contributed by atoms with Crippen LogP contribution in [0.2, 0.25) is 0 Å². The van der Waals surface area contributed by atoms with E-state index in [0.29, 0.717) is 37.5 Å². The lowest BCUT2D eigenvalue weighted by Crippen LogP contribution is -2.40. The molecule has 3 aromatic rings. The fraction of sp³-hybridized carbons (Fsp3) is 0.417. The van der Waals surface area contributed by atoms with E-state index < -0.39 is 11.3 Å². The number of piperidine rings is 1. The first-order chi connectivity index (χ1) is 16.5. The molecule has 1 aromatic carbocycles. The molecule has 0 aliphatic carbocycles. The summed E-state index contributed by atoms with van der Waals surface area (Å²) in [5.74, 6) is 0.435. The quantitative estimate of drug-likeness (QED) is 0.543. The van der Waals surface area contributed by atoms with Gasteiger partial charge in [0, 0.05) is 53.8 Å². The number of likely N-dealkylation sites (tertiary alicyclic amines) is 1. The first kappa shape index (κ1) is 22.9. The molecule has 2 aromatic heterocycles. The molecule has 1 N–H and O–H groups in total. The van der Waals surface area contributed by atoms with Gasteiger partial charge in [0.1, 0.15) is 5.69 Å². The Kier molecular flexibility index (Phi) is 6.60. The van der Waals surface area contributed by atoms with Crippen molar-refractivity contribution >= 4 is 51.8 Å². The smallest absolute Gasteiger partial charge is 0.339 e. The zero-order valence-corrected chi connectivity index (χ0v) is 20.5. The topological polar surface area (TPSA) is 95.6 Å². The Hall–Kier alpha value is -2.85. The largest absolute Gasteiger partial charge is 0.467 e. The Labute approximate surface area is 205 Å². The minimum absolute atomic E-state index is 0.138. The number of aromatic amines is 1. The molecule has 2 amide bonds. The molecular weight excluding hydrogens is 472 g/mol. The SMILES string of the molecule is COC(=O)C1SCCN1C(=O)c1csc(C2CCN(C(=O)Cc3c[nH]c4ccccc34)CC2)n1. The number of amides is 2. The second-order valence-electron chi connectivity index (χ2n) is 8.51. The normalized spacial score (nSPS) is 19.0. The summed E-state index contributed by atoms with van der Waals surface area (Å²) in [4.78, 5) is 49.2. The average molecular weight is 499 g/mol. The van der Waals surface area contributed by atoms with E-state index in [9.17, 15) is 14.4 Å². The van der Waals surface area contributed by atoms with E-state index in [4.69, 9.17) is 4.74 Å². The number of esters is 1. The molecule has 0 radical (unpaired) electrons. The number of ether oxygens (including phenoxy) is 1. The van der Waals surface area contributed by atoms with Gasteiger partial charge in [0.25, 0.3) is 5.91 Å². The minimum atomic E-state index is -0.603. The molecule has 0 bridgehead atoms. The van der Waals surface area contributed by atoms with Gasteiger partial charge in [-0.25, -0.2) is 9.78 Å². The van der Waals surface area contributed by atoms with Crippen molar-refractivity contribution in [2.45, 2.75) is 30.6 Å². The predicted molar refractivity (Wildman–Crippen MR) is 132 cm³/mol. The van der Waals surface area contributed by atoms with Crippen molar-refractivity contribution in [1.29, 1.82) is 0 Å². The van der Waals surface area contributed by atoms with Gasteiger partial charge in [-0.2, -0.15) is 0 Å². The molecule has 34 heavy (non-hydrogen) atoms. The summed E-state index contributed by atoms with van der Waals surface area (Å²) < 4.78 is 4.83. The van der Waals surface area contributed by atoms with Crippen LogP contribution in [0.15, 0.2) is 35.8 Å². The molecule has 2 aliphatic heterocycles.